The Bertz CT molecular complexity index is 158. The highest BCUT2D eigenvalue weighted by Crippen LogP contribution is 1.95. The van der Waals surface area contributed by atoms with E-state index >= 15 is 0 Å². The van der Waals surface area contributed by atoms with Gasteiger partial charge in [0.25, 0.3) is 0 Å². The Labute approximate surface area is 59.9 Å². The minimum Gasteiger partial charge on any atom is -0.473 e. The molecular weight excluding hydrogens is 132 g/mol. The van der Waals surface area contributed by atoms with Crippen molar-refractivity contribution in [1.29, 1.82) is 0 Å². The van der Waals surface area contributed by atoms with Crippen LogP contribution in [0.5, 0.6) is 0 Å². The molecule has 0 rings (SSSR count). The molecule has 0 spiro atoms. The van der Waals surface area contributed by atoms with Gasteiger partial charge in [0, 0.05) is 0 Å². The second-order valence-corrected chi connectivity index (χ2v) is 1.60. The molecule has 0 bridgehead atoms. The molecule has 0 saturated carbocycles. The number of carbonyl (C=O) groups excluding carboxylic acids is 1. The number of ether oxygens (including phenoxy) is 2. The van der Waals surface area contributed by atoms with Crippen LogP contribution < -0.4 is 0 Å². The van der Waals surface area contributed by atoms with Gasteiger partial charge in [0.05, 0.1) is 18.9 Å². The average molecular weight is 142 g/mol. The number of hydrogen-bond donors (Lipinski definition) is 0. The van der Waals surface area contributed by atoms with Gasteiger partial charge in [-0.2, -0.15) is 0 Å². The lowest BCUT2D eigenvalue weighted by Gasteiger charge is -1.96. The normalized spacial score (nSPS) is 10.4. The fourth-order valence-electron chi connectivity index (χ4n) is 0.359. The molecule has 0 aromatic heterocycles. The van der Waals surface area contributed by atoms with E-state index in [2.05, 4.69) is 16.1 Å². The maximum atomic E-state index is 10.6. The van der Waals surface area contributed by atoms with E-state index in [4.69, 9.17) is 0 Å². The van der Waals surface area contributed by atoms with Gasteiger partial charge in [-0.05, 0) is 6.92 Å². The fraction of sp³-hybridized carbons (Fsp3) is 0.286. The van der Waals surface area contributed by atoms with Gasteiger partial charge in [-0.15, -0.1) is 0 Å². The highest BCUT2D eigenvalue weighted by atomic mass is 16.5. The molecule has 0 aliphatic rings. The third-order valence-electron chi connectivity index (χ3n) is 0.848. The summed E-state index contributed by atoms with van der Waals surface area (Å²) in [5.41, 5.74) is 0.405. The summed E-state index contributed by atoms with van der Waals surface area (Å²) in [5.74, 6) is -0.401. The number of carbonyl (C=O) groups is 1. The van der Waals surface area contributed by atoms with Crippen molar-refractivity contribution in [2.75, 3.05) is 7.11 Å². The van der Waals surface area contributed by atoms with Crippen LogP contribution in [0.2, 0.25) is 0 Å². The van der Waals surface area contributed by atoms with E-state index in [-0.39, 0.29) is 0 Å². The van der Waals surface area contributed by atoms with Crippen LogP contribution in [0, 0.1) is 0 Å². The Morgan fingerprint density at radius 3 is 2.60 bits per heavy atom. The molecule has 0 aromatic rings. The maximum absolute atomic E-state index is 10.6. The quantitative estimate of drug-likeness (QED) is 0.337. The van der Waals surface area contributed by atoms with Crippen molar-refractivity contribution in [1.82, 2.24) is 0 Å². The zero-order valence-corrected chi connectivity index (χ0v) is 6.09. The van der Waals surface area contributed by atoms with Crippen molar-refractivity contribution >= 4 is 5.97 Å². The van der Waals surface area contributed by atoms with E-state index in [1.807, 2.05) is 0 Å². The molecule has 3 heteroatoms. The molecule has 56 valence electrons. The van der Waals surface area contributed by atoms with Gasteiger partial charge < -0.3 is 9.47 Å². The van der Waals surface area contributed by atoms with E-state index < -0.39 is 5.97 Å². The van der Waals surface area contributed by atoms with Crippen molar-refractivity contribution in [3.05, 3.63) is 24.7 Å². The number of methoxy groups -OCH3 is 1. The van der Waals surface area contributed by atoms with Gasteiger partial charge in [0.2, 0.25) is 0 Å². The van der Waals surface area contributed by atoms with Crippen LogP contribution in [0.15, 0.2) is 24.7 Å². The van der Waals surface area contributed by atoms with Crippen LogP contribution in [-0.2, 0) is 14.3 Å². The van der Waals surface area contributed by atoms with Crippen LogP contribution in [0.3, 0.4) is 0 Å². The SMILES string of the molecule is C=COC=C(C)C(=O)OC. The third-order valence-corrected chi connectivity index (χ3v) is 0.848. The second-order valence-electron chi connectivity index (χ2n) is 1.60. The fourth-order valence-corrected chi connectivity index (χ4v) is 0.359. The van der Waals surface area contributed by atoms with Gasteiger partial charge in [0.1, 0.15) is 6.26 Å². The molecule has 0 radical (unpaired) electrons. The lowest BCUT2D eigenvalue weighted by atomic mass is 10.3. The molecular formula is C7H10O3. The first-order valence-electron chi connectivity index (χ1n) is 2.73. The highest BCUT2D eigenvalue weighted by molar-refractivity contribution is 5.87. The van der Waals surface area contributed by atoms with E-state index in [0.29, 0.717) is 5.57 Å². The van der Waals surface area contributed by atoms with Crippen molar-refractivity contribution in [2.24, 2.45) is 0 Å². The van der Waals surface area contributed by atoms with Crippen molar-refractivity contribution in [2.45, 2.75) is 6.92 Å². The summed E-state index contributed by atoms with van der Waals surface area (Å²) in [7, 11) is 1.31. The smallest absolute Gasteiger partial charge is 0.336 e. The first kappa shape index (κ1) is 8.75. The topological polar surface area (TPSA) is 35.5 Å². The molecule has 0 amide bonds. The predicted octanol–water partition coefficient (Wildman–Crippen LogP) is 1.22. The second kappa shape index (κ2) is 4.61. The highest BCUT2D eigenvalue weighted by Gasteiger charge is 2.01. The van der Waals surface area contributed by atoms with Crippen molar-refractivity contribution < 1.29 is 14.3 Å². The summed E-state index contributed by atoms with van der Waals surface area (Å²) in [6, 6.07) is 0. The monoisotopic (exact) mass is 142 g/mol. The third kappa shape index (κ3) is 2.91. The maximum Gasteiger partial charge on any atom is 0.336 e. The Morgan fingerprint density at radius 1 is 1.60 bits per heavy atom. The Kier molecular flexibility index (Phi) is 4.04. The van der Waals surface area contributed by atoms with Gasteiger partial charge in [0.15, 0.2) is 0 Å². The summed E-state index contributed by atoms with van der Waals surface area (Å²) in [5, 5.41) is 0. The van der Waals surface area contributed by atoms with Crippen LogP contribution in [0.1, 0.15) is 6.92 Å². The number of rotatable bonds is 3. The first-order valence-corrected chi connectivity index (χ1v) is 2.73. The minimum absolute atomic E-state index is 0.401. The number of esters is 1. The molecule has 0 aromatic carbocycles. The summed E-state index contributed by atoms with van der Waals surface area (Å²) >= 11 is 0. The summed E-state index contributed by atoms with van der Waals surface area (Å²) < 4.78 is 9.01. The van der Waals surface area contributed by atoms with Gasteiger partial charge >= 0.3 is 5.97 Å². The van der Waals surface area contributed by atoms with Crippen molar-refractivity contribution in [3.8, 4) is 0 Å². The predicted molar refractivity (Wildman–Crippen MR) is 37.1 cm³/mol. The zero-order chi connectivity index (χ0) is 7.98. The molecule has 10 heavy (non-hydrogen) atoms. The van der Waals surface area contributed by atoms with Crippen molar-refractivity contribution in [3.63, 3.8) is 0 Å². The molecule has 0 aliphatic heterocycles. The molecule has 0 heterocycles. The molecule has 0 unspecified atom stereocenters. The minimum atomic E-state index is -0.401. The Morgan fingerprint density at radius 2 is 2.20 bits per heavy atom. The summed E-state index contributed by atoms with van der Waals surface area (Å²) in [6.45, 7) is 4.89. The number of hydrogen-bond acceptors (Lipinski definition) is 3. The molecule has 0 fully saturated rings. The first-order chi connectivity index (χ1) is 4.72. The van der Waals surface area contributed by atoms with Gasteiger partial charge in [-0.3, -0.25) is 0 Å². The summed E-state index contributed by atoms with van der Waals surface area (Å²) in [4.78, 5) is 10.6. The average Bonchev–Trinajstić information content (AvgIpc) is 1.98. The lowest BCUT2D eigenvalue weighted by Crippen LogP contribution is -2.01. The molecule has 0 aliphatic carbocycles. The van der Waals surface area contributed by atoms with Gasteiger partial charge in [-0.1, -0.05) is 6.58 Å². The van der Waals surface area contributed by atoms with Crippen LogP contribution >= 0.6 is 0 Å². The van der Waals surface area contributed by atoms with Gasteiger partial charge in [-0.25, -0.2) is 4.79 Å². The van der Waals surface area contributed by atoms with Crippen LogP contribution in [0.4, 0.5) is 0 Å². The molecule has 3 nitrogen and oxygen atoms in total. The largest absolute Gasteiger partial charge is 0.473 e. The Hall–Kier alpha value is -1.25. The van der Waals surface area contributed by atoms with E-state index in [9.17, 15) is 4.79 Å². The molecule has 0 saturated heterocycles. The molecule has 0 atom stereocenters. The van der Waals surface area contributed by atoms with Crippen LogP contribution in [0.25, 0.3) is 0 Å². The Balaban J connectivity index is 3.91. The standard InChI is InChI=1S/C7H10O3/c1-4-10-5-6(2)7(8)9-3/h4-5H,1H2,2-3H3. The van der Waals surface area contributed by atoms with Crippen LogP contribution in [-0.4, -0.2) is 13.1 Å². The zero-order valence-electron chi connectivity index (χ0n) is 6.09. The molecule has 0 N–H and O–H groups in total. The lowest BCUT2D eigenvalue weighted by molar-refractivity contribution is -0.136. The van der Waals surface area contributed by atoms with E-state index in [1.165, 1.54) is 19.6 Å². The summed E-state index contributed by atoms with van der Waals surface area (Å²) in [6.07, 6.45) is 2.51. The van der Waals surface area contributed by atoms with E-state index in [0.717, 1.165) is 0 Å². The van der Waals surface area contributed by atoms with E-state index in [1.54, 1.807) is 6.92 Å².